The second kappa shape index (κ2) is 6.23. The normalized spacial score (nSPS) is 10.6. The molecule has 1 N–H and O–H groups in total. The smallest absolute Gasteiger partial charge is 0.0768 e. The van der Waals surface area contributed by atoms with Crippen LogP contribution in [0.5, 0.6) is 0 Å². The summed E-state index contributed by atoms with van der Waals surface area (Å²) in [6, 6.07) is 23.2. The Labute approximate surface area is 125 Å². The minimum atomic E-state index is 0.121. The van der Waals surface area contributed by atoms with E-state index in [2.05, 4.69) is 71.8 Å². The SMILES string of the molecule is Cc1cncc(NC(c2ccccc2)c2ccccc2)c1. The molecule has 0 amide bonds. The Morgan fingerprint density at radius 1 is 0.810 bits per heavy atom. The van der Waals surface area contributed by atoms with Gasteiger partial charge < -0.3 is 5.32 Å². The zero-order valence-corrected chi connectivity index (χ0v) is 12.0. The minimum absolute atomic E-state index is 0.121. The molecule has 0 spiro atoms. The third-order valence-electron chi connectivity index (χ3n) is 3.45. The van der Waals surface area contributed by atoms with Crippen molar-refractivity contribution in [2.24, 2.45) is 0 Å². The molecule has 104 valence electrons. The van der Waals surface area contributed by atoms with Gasteiger partial charge in [0.1, 0.15) is 0 Å². The van der Waals surface area contributed by atoms with E-state index in [0.717, 1.165) is 11.3 Å². The largest absolute Gasteiger partial charge is 0.373 e. The molecular weight excluding hydrogens is 256 g/mol. The third kappa shape index (κ3) is 3.29. The number of nitrogens with zero attached hydrogens (tertiary/aromatic N) is 1. The highest BCUT2D eigenvalue weighted by molar-refractivity contribution is 5.48. The fourth-order valence-electron chi connectivity index (χ4n) is 2.45. The fraction of sp³-hybridized carbons (Fsp3) is 0.105. The lowest BCUT2D eigenvalue weighted by atomic mass is 9.98. The molecule has 0 bridgehead atoms. The minimum Gasteiger partial charge on any atom is -0.373 e. The average molecular weight is 274 g/mol. The van der Waals surface area contributed by atoms with E-state index in [9.17, 15) is 0 Å². The maximum atomic E-state index is 4.26. The van der Waals surface area contributed by atoms with E-state index in [0.29, 0.717) is 0 Å². The van der Waals surface area contributed by atoms with E-state index in [-0.39, 0.29) is 6.04 Å². The molecule has 2 aromatic carbocycles. The van der Waals surface area contributed by atoms with Gasteiger partial charge in [-0.05, 0) is 29.7 Å². The summed E-state index contributed by atoms with van der Waals surface area (Å²) in [6.07, 6.45) is 3.73. The molecule has 0 aliphatic carbocycles. The Balaban J connectivity index is 1.97. The van der Waals surface area contributed by atoms with Crippen LogP contribution in [0.1, 0.15) is 22.7 Å². The Kier molecular flexibility index (Phi) is 3.97. The van der Waals surface area contributed by atoms with E-state index < -0.39 is 0 Å². The number of pyridine rings is 1. The predicted octanol–water partition coefficient (Wildman–Crippen LogP) is 4.59. The standard InChI is InChI=1S/C19H18N2/c1-15-12-18(14-20-13-15)21-19(16-8-4-2-5-9-16)17-10-6-3-7-11-17/h2-14,19,21H,1H3. The van der Waals surface area contributed by atoms with Crippen molar-refractivity contribution in [2.45, 2.75) is 13.0 Å². The summed E-state index contributed by atoms with van der Waals surface area (Å²) in [4.78, 5) is 4.26. The van der Waals surface area contributed by atoms with Gasteiger partial charge in [-0.1, -0.05) is 60.7 Å². The van der Waals surface area contributed by atoms with Crippen molar-refractivity contribution in [2.75, 3.05) is 5.32 Å². The van der Waals surface area contributed by atoms with Crippen LogP contribution in [0, 0.1) is 6.92 Å². The molecule has 0 aliphatic heterocycles. The van der Waals surface area contributed by atoms with Gasteiger partial charge in [-0.3, -0.25) is 4.98 Å². The molecule has 0 atom stereocenters. The second-order valence-electron chi connectivity index (χ2n) is 5.15. The molecule has 0 radical (unpaired) electrons. The summed E-state index contributed by atoms with van der Waals surface area (Å²) in [6.45, 7) is 2.05. The van der Waals surface area contributed by atoms with Gasteiger partial charge in [-0.2, -0.15) is 0 Å². The maximum absolute atomic E-state index is 4.26. The van der Waals surface area contributed by atoms with Crippen LogP contribution in [-0.4, -0.2) is 4.98 Å². The highest BCUT2D eigenvalue weighted by atomic mass is 14.9. The van der Waals surface area contributed by atoms with Crippen molar-refractivity contribution in [3.8, 4) is 0 Å². The van der Waals surface area contributed by atoms with E-state index >= 15 is 0 Å². The van der Waals surface area contributed by atoms with E-state index in [1.807, 2.05) is 24.5 Å². The van der Waals surface area contributed by atoms with Crippen LogP contribution < -0.4 is 5.32 Å². The molecule has 3 aromatic rings. The molecule has 1 aromatic heterocycles. The fourth-order valence-corrected chi connectivity index (χ4v) is 2.45. The molecule has 0 saturated carbocycles. The highest BCUT2D eigenvalue weighted by Gasteiger charge is 2.13. The van der Waals surface area contributed by atoms with Crippen LogP contribution in [0.15, 0.2) is 79.1 Å². The van der Waals surface area contributed by atoms with Gasteiger partial charge in [0.05, 0.1) is 11.7 Å². The van der Waals surface area contributed by atoms with E-state index in [4.69, 9.17) is 0 Å². The Bertz CT molecular complexity index is 654. The Hall–Kier alpha value is -2.61. The number of hydrogen-bond donors (Lipinski definition) is 1. The quantitative estimate of drug-likeness (QED) is 0.752. The second-order valence-corrected chi connectivity index (χ2v) is 5.15. The van der Waals surface area contributed by atoms with Crippen molar-refractivity contribution in [1.82, 2.24) is 4.98 Å². The topological polar surface area (TPSA) is 24.9 Å². The molecular formula is C19H18N2. The van der Waals surface area contributed by atoms with Crippen molar-refractivity contribution < 1.29 is 0 Å². The summed E-state index contributed by atoms with van der Waals surface area (Å²) >= 11 is 0. The van der Waals surface area contributed by atoms with Crippen LogP contribution in [0.2, 0.25) is 0 Å². The van der Waals surface area contributed by atoms with Gasteiger partial charge >= 0.3 is 0 Å². The first-order valence-electron chi connectivity index (χ1n) is 7.11. The molecule has 2 nitrogen and oxygen atoms in total. The lowest BCUT2D eigenvalue weighted by Crippen LogP contribution is -2.12. The van der Waals surface area contributed by atoms with Crippen LogP contribution in [0.25, 0.3) is 0 Å². The Morgan fingerprint density at radius 2 is 1.38 bits per heavy atom. The zero-order chi connectivity index (χ0) is 14.5. The molecule has 21 heavy (non-hydrogen) atoms. The van der Waals surface area contributed by atoms with Crippen molar-refractivity contribution in [3.63, 3.8) is 0 Å². The molecule has 0 aliphatic rings. The van der Waals surface area contributed by atoms with Crippen LogP contribution >= 0.6 is 0 Å². The lowest BCUT2D eigenvalue weighted by Gasteiger charge is -2.21. The third-order valence-corrected chi connectivity index (χ3v) is 3.45. The molecule has 0 unspecified atom stereocenters. The number of anilines is 1. The number of aromatic nitrogens is 1. The highest BCUT2D eigenvalue weighted by Crippen LogP contribution is 2.26. The summed E-state index contributed by atoms with van der Waals surface area (Å²) in [5.41, 5.74) is 4.67. The van der Waals surface area contributed by atoms with Gasteiger partial charge in [0, 0.05) is 12.4 Å². The summed E-state index contributed by atoms with van der Waals surface area (Å²) in [5.74, 6) is 0. The van der Waals surface area contributed by atoms with Gasteiger partial charge in [0.15, 0.2) is 0 Å². The average Bonchev–Trinajstić information content (AvgIpc) is 2.54. The monoisotopic (exact) mass is 274 g/mol. The molecule has 0 fully saturated rings. The van der Waals surface area contributed by atoms with Crippen LogP contribution in [0.4, 0.5) is 5.69 Å². The molecule has 3 rings (SSSR count). The number of aryl methyl sites for hydroxylation is 1. The van der Waals surface area contributed by atoms with E-state index in [1.54, 1.807) is 0 Å². The first-order chi connectivity index (χ1) is 10.3. The number of nitrogens with one attached hydrogen (secondary N) is 1. The molecule has 0 saturated heterocycles. The van der Waals surface area contributed by atoms with Gasteiger partial charge in [0.2, 0.25) is 0 Å². The number of rotatable bonds is 4. The van der Waals surface area contributed by atoms with Gasteiger partial charge in [0.25, 0.3) is 0 Å². The predicted molar refractivity (Wildman–Crippen MR) is 87.3 cm³/mol. The number of hydrogen-bond acceptors (Lipinski definition) is 2. The maximum Gasteiger partial charge on any atom is 0.0768 e. The van der Waals surface area contributed by atoms with Crippen LogP contribution in [-0.2, 0) is 0 Å². The van der Waals surface area contributed by atoms with Gasteiger partial charge in [-0.25, -0.2) is 0 Å². The van der Waals surface area contributed by atoms with Crippen LogP contribution in [0.3, 0.4) is 0 Å². The van der Waals surface area contributed by atoms with Crippen molar-refractivity contribution in [1.29, 1.82) is 0 Å². The summed E-state index contributed by atoms with van der Waals surface area (Å²) in [7, 11) is 0. The van der Waals surface area contributed by atoms with Crippen molar-refractivity contribution in [3.05, 3.63) is 95.8 Å². The first-order valence-corrected chi connectivity index (χ1v) is 7.11. The number of benzene rings is 2. The Morgan fingerprint density at radius 3 is 1.90 bits per heavy atom. The van der Waals surface area contributed by atoms with Gasteiger partial charge in [-0.15, -0.1) is 0 Å². The first kappa shape index (κ1) is 13.4. The lowest BCUT2D eigenvalue weighted by molar-refractivity contribution is 0.936. The summed E-state index contributed by atoms with van der Waals surface area (Å²) in [5, 5.41) is 3.59. The molecule has 2 heteroatoms. The van der Waals surface area contributed by atoms with E-state index in [1.165, 1.54) is 11.1 Å². The van der Waals surface area contributed by atoms with Crippen molar-refractivity contribution >= 4 is 5.69 Å². The molecule has 1 heterocycles. The zero-order valence-electron chi connectivity index (χ0n) is 12.0. The summed E-state index contributed by atoms with van der Waals surface area (Å²) < 4.78 is 0.